The van der Waals surface area contributed by atoms with Crippen LogP contribution in [0.4, 0.5) is 0 Å². The molecule has 2 nitrogen and oxygen atoms in total. The zero-order valence-corrected chi connectivity index (χ0v) is 14.4. The molecule has 0 bridgehead atoms. The van der Waals surface area contributed by atoms with Gasteiger partial charge in [-0.05, 0) is 54.7 Å². The Morgan fingerprint density at radius 1 is 1.05 bits per heavy atom. The van der Waals surface area contributed by atoms with Crippen LogP contribution in [0.25, 0.3) is 0 Å². The minimum atomic E-state index is -0.501. The van der Waals surface area contributed by atoms with Crippen molar-refractivity contribution in [3.05, 3.63) is 57.6 Å². The first-order valence-electron chi connectivity index (χ1n) is 7.14. The van der Waals surface area contributed by atoms with Crippen LogP contribution in [0, 0.1) is 6.92 Å². The Bertz CT molecular complexity index is 633. The second-order valence-corrected chi connectivity index (χ2v) is 6.50. The highest BCUT2D eigenvalue weighted by Gasteiger charge is 2.10. The highest BCUT2D eigenvalue weighted by atomic mass is 79.9. The maximum atomic E-state index is 9.66. The van der Waals surface area contributed by atoms with E-state index in [0.717, 1.165) is 27.1 Å². The highest BCUT2D eigenvalue weighted by Crippen LogP contribution is 2.32. The molecule has 0 spiro atoms. The van der Waals surface area contributed by atoms with E-state index in [2.05, 4.69) is 48.0 Å². The van der Waals surface area contributed by atoms with Crippen molar-refractivity contribution in [3.8, 4) is 11.5 Å². The maximum Gasteiger partial charge on any atom is 0.130 e. The van der Waals surface area contributed by atoms with Crippen LogP contribution in [0.5, 0.6) is 11.5 Å². The molecule has 2 rings (SSSR count). The van der Waals surface area contributed by atoms with Gasteiger partial charge in [-0.15, -0.1) is 0 Å². The smallest absolute Gasteiger partial charge is 0.130 e. The molecule has 112 valence electrons. The summed E-state index contributed by atoms with van der Waals surface area (Å²) in [5.41, 5.74) is 3.22. The van der Waals surface area contributed by atoms with Gasteiger partial charge in [-0.3, -0.25) is 0 Å². The molecule has 0 aromatic heterocycles. The molecule has 0 radical (unpaired) electrons. The molecule has 0 aliphatic rings. The van der Waals surface area contributed by atoms with E-state index in [4.69, 9.17) is 4.74 Å². The Morgan fingerprint density at radius 3 is 2.33 bits per heavy atom. The minimum absolute atomic E-state index is 0.470. The topological polar surface area (TPSA) is 29.5 Å². The predicted octanol–water partition coefficient (Wildman–Crippen LogP) is 5.73. The fourth-order valence-corrected chi connectivity index (χ4v) is 2.81. The summed E-state index contributed by atoms with van der Waals surface area (Å²) in [6.45, 7) is 8.13. The standard InChI is InChI=1S/C18H21BrO2/c1-11(2)14-6-5-12(3)18(9-14)21-15-7-8-16(13(4)20)17(19)10-15/h5-11,13,20H,1-4H3/t13-/m1/s1. The van der Waals surface area contributed by atoms with Gasteiger partial charge in [0.1, 0.15) is 11.5 Å². The number of aryl methyl sites for hydroxylation is 1. The van der Waals surface area contributed by atoms with Crippen molar-refractivity contribution >= 4 is 15.9 Å². The van der Waals surface area contributed by atoms with Gasteiger partial charge in [0, 0.05) is 4.47 Å². The van der Waals surface area contributed by atoms with Crippen LogP contribution in [-0.4, -0.2) is 5.11 Å². The van der Waals surface area contributed by atoms with E-state index in [1.807, 2.05) is 25.1 Å². The summed E-state index contributed by atoms with van der Waals surface area (Å²) >= 11 is 3.48. The summed E-state index contributed by atoms with van der Waals surface area (Å²) in [5, 5.41) is 9.66. The Kier molecular flexibility index (Phi) is 5.07. The minimum Gasteiger partial charge on any atom is -0.457 e. The lowest BCUT2D eigenvalue weighted by Gasteiger charge is -2.14. The normalized spacial score (nSPS) is 12.5. The van der Waals surface area contributed by atoms with Gasteiger partial charge in [-0.2, -0.15) is 0 Å². The molecule has 0 saturated heterocycles. The van der Waals surface area contributed by atoms with Crippen molar-refractivity contribution in [2.45, 2.75) is 39.7 Å². The van der Waals surface area contributed by atoms with Crippen LogP contribution in [0.1, 0.15) is 49.5 Å². The van der Waals surface area contributed by atoms with Gasteiger partial charge >= 0.3 is 0 Å². The monoisotopic (exact) mass is 348 g/mol. The van der Waals surface area contributed by atoms with Gasteiger partial charge in [-0.25, -0.2) is 0 Å². The fourth-order valence-electron chi connectivity index (χ4n) is 2.12. The zero-order chi connectivity index (χ0) is 15.6. The number of aliphatic hydroxyl groups excluding tert-OH is 1. The fraction of sp³-hybridized carbons (Fsp3) is 0.333. The molecule has 1 N–H and O–H groups in total. The lowest BCUT2D eigenvalue weighted by molar-refractivity contribution is 0.198. The zero-order valence-electron chi connectivity index (χ0n) is 12.9. The molecule has 21 heavy (non-hydrogen) atoms. The van der Waals surface area contributed by atoms with Crippen LogP contribution in [-0.2, 0) is 0 Å². The SMILES string of the molecule is Cc1ccc(C(C)C)cc1Oc1ccc([C@@H](C)O)c(Br)c1. The molecule has 2 aromatic rings. The third-order valence-electron chi connectivity index (χ3n) is 3.53. The first kappa shape index (κ1) is 16.1. The molecule has 0 fully saturated rings. The average molecular weight is 349 g/mol. The first-order valence-corrected chi connectivity index (χ1v) is 7.93. The molecule has 3 heteroatoms. The lowest BCUT2D eigenvalue weighted by atomic mass is 10.0. The second-order valence-electron chi connectivity index (χ2n) is 5.64. The van der Waals surface area contributed by atoms with Crippen molar-refractivity contribution in [2.24, 2.45) is 0 Å². The number of benzene rings is 2. The number of ether oxygens (including phenoxy) is 1. The Balaban J connectivity index is 2.30. The van der Waals surface area contributed by atoms with Crippen molar-refractivity contribution in [2.75, 3.05) is 0 Å². The molecular formula is C18H21BrO2. The molecule has 0 amide bonds. The summed E-state index contributed by atoms with van der Waals surface area (Å²) in [6.07, 6.45) is -0.501. The Morgan fingerprint density at radius 2 is 1.76 bits per heavy atom. The number of hydrogen-bond donors (Lipinski definition) is 1. The van der Waals surface area contributed by atoms with Gasteiger partial charge in [0.05, 0.1) is 6.10 Å². The van der Waals surface area contributed by atoms with E-state index in [-0.39, 0.29) is 0 Å². The van der Waals surface area contributed by atoms with Gasteiger partial charge in [0.2, 0.25) is 0 Å². The molecule has 0 saturated carbocycles. The largest absolute Gasteiger partial charge is 0.457 e. The summed E-state index contributed by atoms with van der Waals surface area (Å²) < 4.78 is 6.86. The van der Waals surface area contributed by atoms with Gasteiger partial charge in [0.25, 0.3) is 0 Å². The molecule has 0 aliphatic heterocycles. The highest BCUT2D eigenvalue weighted by molar-refractivity contribution is 9.10. The van der Waals surface area contributed by atoms with Gasteiger partial charge in [-0.1, -0.05) is 48.0 Å². The summed E-state index contributed by atoms with van der Waals surface area (Å²) in [7, 11) is 0. The summed E-state index contributed by atoms with van der Waals surface area (Å²) in [4.78, 5) is 0. The van der Waals surface area contributed by atoms with Crippen molar-refractivity contribution in [1.82, 2.24) is 0 Å². The van der Waals surface area contributed by atoms with Gasteiger partial charge in [0.15, 0.2) is 0 Å². The van der Waals surface area contributed by atoms with Crippen molar-refractivity contribution in [1.29, 1.82) is 0 Å². The number of hydrogen-bond acceptors (Lipinski definition) is 2. The molecule has 0 heterocycles. The average Bonchev–Trinajstić information content (AvgIpc) is 2.40. The molecule has 1 atom stereocenters. The quantitative estimate of drug-likeness (QED) is 0.764. The molecular weight excluding hydrogens is 328 g/mol. The first-order chi connectivity index (χ1) is 9.88. The van der Waals surface area contributed by atoms with Crippen molar-refractivity contribution in [3.63, 3.8) is 0 Å². The van der Waals surface area contributed by atoms with Crippen LogP contribution in [0.3, 0.4) is 0 Å². The Hall–Kier alpha value is -1.32. The van der Waals surface area contributed by atoms with E-state index in [9.17, 15) is 5.11 Å². The molecule has 2 aromatic carbocycles. The molecule has 0 aliphatic carbocycles. The predicted molar refractivity (Wildman–Crippen MR) is 90.1 cm³/mol. The van der Waals surface area contributed by atoms with Gasteiger partial charge < -0.3 is 9.84 Å². The van der Waals surface area contributed by atoms with Crippen LogP contribution in [0.2, 0.25) is 0 Å². The number of rotatable bonds is 4. The second kappa shape index (κ2) is 6.63. The summed E-state index contributed by atoms with van der Waals surface area (Å²) in [6, 6.07) is 12.0. The van der Waals surface area contributed by atoms with E-state index in [0.29, 0.717) is 5.92 Å². The molecule has 0 unspecified atom stereocenters. The number of halogens is 1. The third kappa shape index (κ3) is 3.86. The lowest BCUT2D eigenvalue weighted by Crippen LogP contribution is -1.95. The summed E-state index contributed by atoms with van der Waals surface area (Å²) in [5.74, 6) is 2.10. The van der Waals surface area contributed by atoms with Crippen LogP contribution < -0.4 is 4.74 Å². The Labute approximate surface area is 134 Å². The van der Waals surface area contributed by atoms with E-state index < -0.39 is 6.10 Å². The van der Waals surface area contributed by atoms with Crippen molar-refractivity contribution < 1.29 is 9.84 Å². The third-order valence-corrected chi connectivity index (χ3v) is 4.22. The number of aliphatic hydroxyl groups is 1. The maximum absolute atomic E-state index is 9.66. The van der Waals surface area contributed by atoms with Crippen LogP contribution >= 0.6 is 15.9 Å². The van der Waals surface area contributed by atoms with E-state index >= 15 is 0 Å². The van der Waals surface area contributed by atoms with E-state index in [1.54, 1.807) is 6.92 Å². The van der Waals surface area contributed by atoms with E-state index in [1.165, 1.54) is 5.56 Å². The van der Waals surface area contributed by atoms with Crippen LogP contribution in [0.15, 0.2) is 40.9 Å².